The Morgan fingerprint density at radius 1 is 1.62 bits per heavy atom. The van der Waals surface area contributed by atoms with Gasteiger partial charge in [0.1, 0.15) is 5.75 Å². The molecule has 0 fully saturated rings. The molecule has 0 aliphatic heterocycles. The number of pyridine rings is 1. The number of aryl methyl sites for hydroxylation is 1. The molecule has 0 aromatic carbocycles. The van der Waals surface area contributed by atoms with Crippen molar-refractivity contribution in [3.8, 4) is 5.75 Å². The number of aromatic nitrogens is 1. The predicted octanol–water partition coefficient (Wildman–Crippen LogP) is 1.23. The SMILES string of the molecule is Cc1ncc(COP(O)(O)=P)c(C=O)c1O. The molecule has 0 aliphatic carbocycles. The van der Waals surface area contributed by atoms with Gasteiger partial charge in [0.05, 0.1) is 17.9 Å². The van der Waals surface area contributed by atoms with E-state index in [4.69, 9.17) is 9.79 Å². The minimum absolute atomic E-state index is 0.0348. The highest BCUT2D eigenvalue weighted by Crippen LogP contribution is 2.44. The van der Waals surface area contributed by atoms with Crippen molar-refractivity contribution in [3.63, 3.8) is 0 Å². The van der Waals surface area contributed by atoms with Gasteiger partial charge in [-0.1, -0.05) is 0 Å². The summed E-state index contributed by atoms with van der Waals surface area (Å²) in [6.07, 6.45) is 1.80. The number of nitrogens with zero attached hydrogens (tertiary/aromatic N) is 1. The number of carbonyl (C=O) groups is 1. The van der Waals surface area contributed by atoms with Crippen molar-refractivity contribution in [2.75, 3.05) is 0 Å². The Kier molecular flexibility index (Phi) is 4.19. The van der Waals surface area contributed by atoms with Crippen LogP contribution in [-0.2, 0) is 11.1 Å². The molecule has 16 heavy (non-hydrogen) atoms. The summed E-state index contributed by atoms with van der Waals surface area (Å²) in [5.74, 6) is -0.232. The fraction of sp³-hybridized carbons (Fsp3) is 0.250. The lowest BCUT2D eigenvalue weighted by molar-refractivity contribution is 0.111. The van der Waals surface area contributed by atoms with Crippen LogP contribution in [0.2, 0.25) is 0 Å². The maximum atomic E-state index is 10.8. The first-order valence-corrected chi connectivity index (χ1v) is 7.17. The van der Waals surface area contributed by atoms with Gasteiger partial charge in [0, 0.05) is 11.8 Å². The van der Waals surface area contributed by atoms with E-state index >= 15 is 0 Å². The summed E-state index contributed by atoms with van der Waals surface area (Å²) in [4.78, 5) is 32.5. The third kappa shape index (κ3) is 3.37. The number of rotatable bonds is 4. The van der Waals surface area contributed by atoms with Crippen molar-refractivity contribution >= 4 is 22.0 Å². The standard InChI is InChI=1S/C8H11NO5P2/c1-5-8(11)7(3-10)6(2-9-5)4-14-16(12,13)15/h2-3,11-13,15H,4H2,1H3. The lowest BCUT2D eigenvalue weighted by atomic mass is 10.1. The van der Waals surface area contributed by atoms with E-state index in [1.165, 1.54) is 6.20 Å². The second-order valence-electron chi connectivity index (χ2n) is 3.07. The van der Waals surface area contributed by atoms with Gasteiger partial charge in [-0.05, 0) is 15.5 Å². The first-order valence-electron chi connectivity index (χ1n) is 4.22. The van der Waals surface area contributed by atoms with E-state index in [9.17, 15) is 9.90 Å². The van der Waals surface area contributed by atoms with E-state index in [0.29, 0.717) is 12.0 Å². The Morgan fingerprint density at radius 3 is 2.75 bits per heavy atom. The normalized spacial score (nSPS) is 11.4. The van der Waals surface area contributed by atoms with Gasteiger partial charge >= 0.3 is 0 Å². The summed E-state index contributed by atoms with van der Waals surface area (Å²) in [6, 6.07) is 0. The number of aldehydes is 1. The summed E-state index contributed by atoms with van der Waals surface area (Å²) < 4.78 is 4.68. The van der Waals surface area contributed by atoms with Crippen molar-refractivity contribution < 1.29 is 24.2 Å². The molecule has 0 saturated heterocycles. The molecule has 88 valence electrons. The maximum absolute atomic E-state index is 10.8. The van der Waals surface area contributed by atoms with E-state index in [1.54, 1.807) is 6.92 Å². The molecule has 0 amide bonds. The number of hydrogen-bond donors (Lipinski definition) is 3. The Morgan fingerprint density at radius 2 is 2.25 bits per heavy atom. The smallest absolute Gasteiger partial charge is 0.271 e. The predicted molar refractivity (Wildman–Crippen MR) is 60.5 cm³/mol. The molecule has 0 saturated carbocycles. The van der Waals surface area contributed by atoms with E-state index in [2.05, 4.69) is 18.0 Å². The summed E-state index contributed by atoms with van der Waals surface area (Å²) in [7, 11) is -0.962. The molecule has 1 aromatic heterocycles. The molecular weight excluding hydrogens is 252 g/mol. The van der Waals surface area contributed by atoms with Crippen LogP contribution in [-0.4, -0.2) is 26.2 Å². The van der Waals surface area contributed by atoms with Crippen molar-refractivity contribution in [1.29, 1.82) is 0 Å². The zero-order valence-electron chi connectivity index (χ0n) is 8.41. The molecule has 3 N–H and O–H groups in total. The minimum atomic E-state index is -3.56. The molecule has 1 rings (SSSR count). The first-order chi connectivity index (χ1) is 7.35. The molecule has 0 radical (unpaired) electrons. The monoisotopic (exact) mass is 263 g/mol. The van der Waals surface area contributed by atoms with E-state index in [0.717, 1.165) is 0 Å². The zero-order valence-corrected chi connectivity index (χ0v) is 10.3. The van der Waals surface area contributed by atoms with E-state index in [-0.39, 0.29) is 23.5 Å². The van der Waals surface area contributed by atoms with Crippen LogP contribution in [0.25, 0.3) is 0 Å². The topological polar surface area (TPSA) is 99.9 Å². The molecule has 6 nitrogen and oxygen atoms in total. The lowest BCUT2D eigenvalue weighted by Crippen LogP contribution is -1.99. The Hall–Kier alpha value is -0.770. The van der Waals surface area contributed by atoms with Gasteiger partial charge in [-0.2, -0.15) is 0 Å². The second-order valence-corrected chi connectivity index (χ2v) is 6.16. The van der Waals surface area contributed by atoms with Crippen LogP contribution < -0.4 is 0 Å². The average molecular weight is 263 g/mol. The van der Waals surface area contributed by atoms with Gasteiger partial charge in [0.25, 0.3) is 7.23 Å². The molecule has 1 heterocycles. The highest BCUT2D eigenvalue weighted by atomic mass is 31.8. The molecule has 0 atom stereocenters. The number of hydrogen-bond acceptors (Lipinski definition) is 4. The fourth-order valence-electron chi connectivity index (χ4n) is 1.06. The van der Waals surface area contributed by atoms with Gasteiger partial charge in [0.15, 0.2) is 6.29 Å². The van der Waals surface area contributed by atoms with Crippen molar-refractivity contribution in [3.05, 3.63) is 23.0 Å². The van der Waals surface area contributed by atoms with Crippen molar-refractivity contribution in [2.24, 2.45) is 0 Å². The molecule has 0 unspecified atom stereocenters. The molecular formula is C8H11NO5P2. The summed E-state index contributed by atoms with van der Waals surface area (Å²) in [6.45, 7) is 1.31. The number of aromatic hydroxyl groups is 1. The van der Waals surface area contributed by atoms with Crippen LogP contribution in [0.4, 0.5) is 0 Å². The highest BCUT2D eigenvalue weighted by molar-refractivity contribution is 7.88. The zero-order chi connectivity index (χ0) is 12.3. The molecule has 1 aromatic rings. The first kappa shape index (κ1) is 13.3. The van der Waals surface area contributed by atoms with Gasteiger partial charge in [0.2, 0.25) is 0 Å². The Labute approximate surface area is 94.2 Å². The van der Waals surface area contributed by atoms with Crippen molar-refractivity contribution in [1.82, 2.24) is 4.98 Å². The Bertz CT molecular complexity index is 456. The van der Waals surface area contributed by atoms with Crippen LogP contribution in [0.5, 0.6) is 5.75 Å². The van der Waals surface area contributed by atoms with Crippen LogP contribution in [0.15, 0.2) is 6.20 Å². The minimum Gasteiger partial charge on any atom is -0.505 e. The summed E-state index contributed by atoms with van der Waals surface area (Å²) in [5.41, 5.74) is 0.634. The largest absolute Gasteiger partial charge is 0.505 e. The third-order valence-electron chi connectivity index (χ3n) is 1.88. The quantitative estimate of drug-likeness (QED) is 0.558. The van der Waals surface area contributed by atoms with Gasteiger partial charge in [-0.25, -0.2) is 0 Å². The van der Waals surface area contributed by atoms with Gasteiger partial charge in [-0.15, -0.1) is 0 Å². The molecule has 0 aliphatic rings. The van der Waals surface area contributed by atoms with Crippen LogP contribution in [0.1, 0.15) is 21.6 Å². The van der Waals surface area contributed by atoms with Crippen LogP contribution in [0, 0.1) is 6.92 Å². The third-order valence-corrected chi connectivity index (χ3v) is 2.75. The Balaban J connectivity index is 3.01. The highest BCUT2D eigenvalue weighted by Gasteiger charge is 2.13. The van der Waals surface area contributed by atoms with Gasteiger partial charge in [-0.3, -0.25) is 9.78 Å². The van der Waals surface area contributed by atoms with E-state index < -0.39 is 7.23 Å². The lowest BCUT2D eigenvalue weighted by Gasteiger charge is -2.12. The van der Waals surface area contributed by atoms with Gasteiger partial charge < -0.3 is 19.4 Å². The summed E-state index contributed by atoms with van der Waals surface area (Å²) in [5, 5.41) is 9.53. The van der Waals surface area contributed by atoms with Crippen molar-refractivity contribution in [2.45, 2.75) is 13.5 Å². The maximum Gasteiger partial charge on any atom is 0.271 e. The number of carbonyl (C=O) groups excluding carboxylic acids is 1. The summed E-state index contributed by atoms with van der Waals surface area (Å²) >= 11 is 0. The second kappa shape index (κ2) is 5.04. The molecule has 0 bridgehead atoms. The van der Waals surface area contributed by atoms with Crippen LogP contribution in [0.3, 0.4) is 0 Å². The average Bonchev–Trinajstić information content (AvgIpc) is 2.18. The molecule has 8 heteroatoms. The molecule has 0 spiro atoms. The van der Waals surface area contributed by atoms with E-state index in [1.807, 2.05) is 0 Å². The van der Waals surface area contributed by atoms with Crippen LogP contribution >= 0.6 is 15.8 Å². The fourth-order valence-corrected chi connectivity index (χ4v) is 1.57.